The average Bonchev–Trinajstić information content (AvgIpc) is 3.27. The molecule has 1 aromatic heterocycles. The number of nitrogens with zero attached hydrogens (tertiary/aromatic N) is 2. The molecule has 2 aliphatic heterocycles. The van der Waals surface area contributed by atoms with Crippen molar-refractivity contribution in [3.05, 3.63) is 99.7 Å². The zero-order valence-corrected chi connectivity index (χ0v) is 21.5. The molecule has 0 aliphatic carbocycles. The number of piperazine rings is 1. The van der Waals surface area contributed by atoms with E-state index in [0.29, 0.717) is 19.4 Å². The van der Waals surface area contributed by atoms with Crippen LogP contribution in [0.5, 0.6) is 5.75 Å². The monoisotopic (exact) mass is 543 g/mol. The zero-order chi connectivity index (χ0) is 24.8. The number of methoxy groups -OCH3 is 1. The first-order chi connectivity index (χ1) is 17.5. The van der Waals surface area contributed by atoms with Crippen LogP contribution in [0.1, 0.15) is 28.4 Å². The van der Waals surface area contributed by atoms with E-state index in [1.165, 1.54) is 0 Å². The van der Waals surface area contributed by atoms with E-state index in [-0.39, 0.29) is 24.4 Å². The standard InChI is InChI=1S/C29H26BrN3O3/c1-36-21-11-9-18(10-12-21)13-14-32-17-26(34)33-25(29(32)35)16-23-22-7-2-3-8-24(22)31-27(23)28(33)19-5-4-6-20(30)15-19/h2-12,15,25,28,31H,13-14,16-17H2,1H3/t25-,28+/m0/s1. The molecule has 1 saturated heterocycles. The highest BCUT2D eigenvalue weighted by atomic mass is 79.9. The number of halogens is 1. The third kappa shape index (κ3) is 3.88. The second kappa shape index (κ2) is 9.13. The predicted molar refractivity (Wildman–Crippen MR) is 142 cm³/mol. The third-order valence-corrected chi connectivity index (χ3v) is 7.83. The lowest BCUT2D eigenvalue weighted by atomic mass is 9.86. The Morgan fingerprint density at radius 3 is 2.61 bits per heavy atom. The van der Waals surface area contributed by atoms with Gasteiger partial charge in [0, 0.05) is 34.0 Å². The van der Waals surface area contributed by atoms with Gasteiger partial charge in [-0.1, -0.05) is 58.4 Å². The van der Waals surface area contributed by atoms with Crippen LogP contribution in [0.4, 0.5) is 0 Å². The Hall–Kier alpha value is -3.58. The van der Waals surface area contributed by atoms with Gasteiger partial charge in [0.05, 0.1) is 19.7 Å². The maximum atomic E-state index is 13.8. The van der Waals surface area contributed by atoms with Crippen LogP contribution in [0.2, 0.25) is 0 Å². The number of para-hydroxylation sites is 1. The van der Waals surface area contributed by atoms with Gasteiger partial charge in [-0.05, 0) is 53.4 Å². The van der Waals surface area contributed by atoms with Crippen molar-refractivity contribution in [2.45, 2.75) is 24.9 Å². The minimum atomic E-state index is -0.530. The molecule has 6 nitrogen and oxygen atoms in total. The van der Waals surface area contributed by atoms with Crippen molar-refractivity contribution in [1.29, 1.82) is 0 Å². The Balaban J connectivity index is 1.36. The summed E-state index contributed by atoms with van der Waals surface area (Å²) in [6, 6.07) is 23.2. The van der Waals surface area contributed by atoms with Crippen LogP contribution in [-0.2, 0) is 22.4 Å². The molecule has 2 atom stereocenters. The number of aromatic amines is 1. The number of H-pyrrole nitrogens is 1. The van der Waals surface area contributed by atoms with Crippen LogP contribution < -0.4 is 4.74 Å². The number of nitrogens with one attached hydrogen (secondary N) is 1. The molecule has 0 bridgehead atoms. The maximum absolute atomic E-state index is 13.8. The average molecular weight is 544 g/mol. The van der Waals surface area contributed by atoms with Gasteiger partial charge < -0.3 is 19.5 Å². The first-order valence-electron chi connectivity index (χ1n) is 12.1. The Bertz CT molecular complexity index is 1460. The minimum absolute atomic E-state index is 0.0130. The maximum Gasteiger partial charge on any atom is 0.246 e. The van der Waals surface area contributed by atoms with E-state index in [1.807, 2.05) is 65.6 Å². The molecule has 36 heavy (non-hydrogen) atoms. The van der Waals surface area contributed by atoms with Crippen molar-refractivity contribution >= 4 is 38.6 Å². The van der Waals surface area contributed by atoms with Crippen LogP contribution >= 0.6 is 15.9 Å². The number of hydrogen-bond acceptors (Lipinski definition) is 3. The van der Waals surface area contributed by atoms with Gasteiger partial charge in [0.25, 0.3) is 0 Å². The van der Waals surface area contributed by atoms with E-state index >= 15 is 0 Å². The molecule has 1 fully saturated rings. The smallest absolute Gasteiger partial charge is 0.246 e. The molecule has 2 aliphatic rings. The zero-order valence-electron chi connectivity index (χ0n) is 19.9. The Morgan fingerprint density at radius 2 is 1.83 bits per heavy atom. The SMILES string of the molecule is COc1ccc(CCN2CC(=O)N3[C@H](c4cccc(Br)c4)c4[nH]c5ccccc5c4C[C@H]3C2=O)cc1. The molecule has 1 N–H and O–H groups in total. The van der Waals surface area contributed by atoms with Crippen LogP contribution in [-0.4, -0.2) is 52.8 Å². The van der Waals surface area contributed by atoms with Gasteiger partial charge in [-0.25, -0.2) is 0 Å². The van der Waals surface area contributed by atoms with E-state index in [0.717, 1.165) is 43.5 Å². The lowest BCUT2D eigenvalue weighted by Gasteiger charge is -2.47. The third-order valence-electron chi connectivity index (χ3n) is 7.34. The minimum Gasteiger partial charge on any atom is -0.497 e. The summed E-state index contributed by atoms with van der Waals surface area (Å²) in [4.78, 5) is 34.6. The predicted octanol–water partition coefficient (Wildman–Crippen LogP) is 4.87. The van der Waals surface area contributed by atoms with Crippen LogP contribution in [0.25, 0.3) is 10.9 Å². The first-order valence-corrected chi connectivity index (χ1v) is 12.9. The lowest BCUT2D eigenvalue weighted by molar-refractivity contribution is -0.158. The topological polar surface area (TPSA) is 65.6 Å². The Kier molecular flexibility index (Phi) is 5.80. The fourth-order valence-corrected chi connectivity index (χ4v) is 6.01. The van der Waals surface area contributed by atoms with E-state index in [2.05, 4.69) is 33.0 Å². The number of hydrogen-bond donors (Lipinski definition) is 1. The number of carbonyl (C=O) groups is 2. The Labute approximate surface area is 218 Å². The van der Waals surface area contributed by atoms with Gasteiger partial charge >= 0.3 is 0 Å². The van der Waals surface area contributed by atoms with E-state index in [4.69, 9.17) is 4.74 Å². The highest BCUT2D eigenvalue weighted by molar-refractivity contribution is 9.10. The van der Waals surface area contributed by atoms with E-state index < -0.39 is 6.04 Å². The molecule has 4 aromatic rings. The number of aromatic nitrogens is 1. The summed E-state index contributed by atoms with van der Waals surface area (Å²) in [5.41, 5.74) is 5.23. The fraction of sp³-hybridized carbons (Fsp3) is 0.241. The molecule has 6 rings (SSSR count). The normalized spacial score (nSPS) is 19.4. The van der Waals surface area contributed by atoms with E-state index in [9.17, 15) is 9.59 Å². The number of fused-ring (bicyclic) bond motifs is 4. The lowest BCUT2D eigenvalue weighted by Crippen LogP contribution is -2.63. The van der Waals surface area contributed by atoms with Crippen molar-refractivity contribution in [2.75, 3.05) is 20.2 Å². The van der Waals surface area contributed by atoms with Crippen LogP contribution in [0, 0.1) is 0 Å². The quantitative estimate of drug-likeness (QED) is 0.390. The fourth-order valence-electron chi connectivity index (χ4n) is 5.59. The molecule has 182 valence electrons. The summed E-state index contributed by atoms with van der Waals surface area (Å²) in [6.45, 7) is 0.592. The number of benzene rings is 3. The molecule has 3 heterocycles. The number of ether oxygens (including phenoxy) is 1. The summed E-state index contributed by atoms with van der Waals surface area (Å²) in [7, 11) is 1.64. The second-order valence-electron chi connectivity index (χ2n) is 9.40. The molecule has 0 saturated carbocycles. The van der Waals surface area contributed by atoms with Crippen molar-refractivity contribution in [2.24, 2.45) is 0 Å². The second-order valence-corrected chi connectivity index (χ2v) is 10.3. The molecule has 7 heteroatoms. The van der Waals surface area contributed by atoms with Crippen molar-refractivity contribution in [3.8, 4) is 5.75 Å². The molecular weight excluding hydrogens is 518 g/mol. The number of carbonyl (C=O) groups excluding carboxylic acids is 2. The van der Waals surface area contributed by atoms with Crippen molar-refractivity contribution in [3.63, 3.8) is 0 Å². The summed E-state index contributed by atoms with van der Waals surface area (Å²) in [6.07, 6.45) is 1.19. The largest absolute Gasteiger partial charge is 0.497 e. The van der Waals surface area contributed by atoms with Crippen molar-refractivity contribution < 1.29 is 14.3 Å². The molecule has 3 aromatic carbocycles. The summed E-state index contributed by atoms with van der Waals surface area (Å²) < 4.78 is 6.18. The van der Waals surface area contributed by atoms with Gasteiger partial charge in [-0.15, -0.1) is 0 Å². The molecule has 0 radical (unpaired) electrons. The van der Waals surface area contributed by atoms with Gasteiger partial charge in [0.1, 0.15) is 11.8 Å². The molecule has 0 spiro atoms. The van der Waals surface area contributed by atoms with Gasteiger partial charge in [0.15, 0.2) is 0 Å². The Morgan fingerprint density at radius 1 is 1.03 bits per heavy atom. The van der Waals surface area contributed by atoms with E-state index in [1.54, 1.807) is 12.0 Å². The van der Waals surface area contributed by atoms with Crippen molar-refractivity contribution in [1.82, 2.24) is 14.8 Å². The van der Waals surface area contributed by atoms with Gasteiger partial charge in [-0.2, -0.15) is 0 Å². The summed E-state index contributed by atoms with van der Waals surface area (Å²) in [5, 5.41) is 1.11. The highest BCUT2D eigenvalue weighted by Gasteiger charge is 2.48. The first kappa shape index (κ1) is 22.9. The summed E-state index contributed by atoms with van der Waals surface area (Å²) in [5.74, 6) is 0.789. The van der Waals surface area contributed by atoms with Crippen LogP contribution in [0.15, 0.2) is 77.3 Å². The summed E-state index contributed by atoms with van der Waals surface area (Å²) >= 11 is 3.58. The molecular formula is C29H26BrN3O3. The van der Waals surface area contributed by atoms with Gasteiger partial charge in [0.2, 0.25) is 11.8 Å². The number of rotatable bonds is 5. The number of amides is 2. The van der Waals surface area contributed by atoms with Gasteiger partial charge in [-0.3, -0.25) is 9.59 Å². The van der Waals surface area contributed by atoms with Crippen LogP contribution in [0.3, 0.4) is 0 Å². The molecule has 2 amide bonds. The molecule has 0 unspecified atom stereocenters. The highest BCUT2D eigenvalue weighted by Crippen LogP contribution is 2.42.